The predicted molar refractivity (Wildman–Crippen MR) is 71.8 cm³/mol. The average Bonchev–Trinajstić information content (AvgIpc) is 2.63. The maximum absolute atomic E-state index is 3.72. The van der Waals surface area contributed by atoms with Crippen molar-refractivity contribution in [3.63, 3.8) is 0 Å². The molecule has 0 radical (unpaired) electrons. The highest BCUT2D eigenvalue weighted by molar-refractivity contribution is 4.79. The van der Waals surface area contributed by atoms with Gasteiger partial charge in [-0.3, -0.25) is 0 Å². The largest absolute Gasteiger partial charge is 0.314 e. The van der Waals surface area contributed by atoms with E-state index in [1.54, 1.807) is 0 Å². The molecule has 1 saturated carbocycles. The molecular formula is C14H30N2. The van der Waals surface area contributed by atoms with Crippen LogP contribution in [0.2, 0.25) is 0 Å². The van der Waals surface area contributed by atoms with Crippen LogP contribution in [0.4, 0.5) is 0 Å². The Labute approximate surface area is 102 Å². The zero-order chi connectivity index (χ0) is 12.0. The van der Waals surface area contributed by atoms with Crippen LogP contribution in [0.5, 0.6) is 0 Å². The lowest BCUT2D eigenvalue weighted by molar-refractivity contribution is 0.266. The molecule has 1 fully saturated rings. The number of nitrogens with one attached hydrogen (secondary N) is 1. The van der Waals surface area contributed by atoms with Crippen molar-refractivity contribution in [3.05, 3.63) is 0 Å². The minimum absolute atomic E-state index is 0.683. The van der Waals surface area contributed by atoms with E-state index < -0.39 is 0 Å². The first-order chi connectivity index (χ1) is 7.61. The summed E-state index contributed by atoms with van der Waals surface area (Å²) in [6.45, 7) is 9.36. The van der Waals surface area contributed by atoms with Crippen LogP contribution >= 0.6 is 0 Å². The van der Waals surface area contributed by atoms with Gasteiger partial charge in [0.2, 0.25) is 0 Å². The van der Waals surface area contributed by atoms with Crippen LogP contribution in [0.15, 0.2) is 0 Å². The van der Waals surface area contributed by atoms with Gasteiger partial charge in [0.25, 0.3) is 0 Å². The van der Waals surface area contributed by atoms with Gasteiger partial charge >= 0.3 is 0 Å². The van der Waals surface area contributed by atoms with Gasteiger partial charge in [-0.15, -0.1) is 0 Å². The Kier molecular flexibility index (Phi) is 6.37. The van der Waals surface area contributed by atoms with Gasteiger partial charge in [0.05, 0.1) is 0 Å². The molecule has 0 saturated heterocycles. The summed E-state index contributed by atoms with van der Waals surface area (Å²) < 4.78 is 0. The number of hydrogen-bond donors (Lipinski definition) is 1. The second-order valence-corrected chi connectivity index (χ2v) is 5.75. The topological polar surface area (TPSA) is 15.3 Å². The first-order valence-corrected chi connectivity index (χ1v) is 7.05. The van der Waals surface area contributed by atoms with Gasteiger partial charge in [0.15, 0.2) is 0 Å². The molecule has 2 unspecified atom stereocenters. The van der Waals surface area contributed by atoms with Crippen LogP contribution in [-0.4, -0.2) is 37.1 Å². The van der Waals surface area contributed by atoms with Gasteiger partial charge in [-0.05, 0) is 65.6 Å². The molecule has 1 rings (SSSR count). The molecule has 2 atom stereocenters. The quantitative estimate of drug-likeness (QED) is 0.672. The van der Waals surface area contributed by atoms with Crippen molar-refractivity contribution >= 4 is 0 Å². The standard InChI is InChI=1S/C14H30N2/c1-12(2)16(4)11-6-5-10-15-14-9-7-8-13(14)3/h12-15H,5-11H2,1-4H3. The normalized spacial score (nSPS) is 25.9. The highest BCUT2D eigenvalue weighted by Crippen LogP contribution is 2.24. The van der Waals surface area contributed by atoms with Crippen LogP contribution < -0.4 is 5.32 Å². The van der Waals surface area contributed by atoms with E-state index in [0.717, 1.165) is 12.0 Å². The molecule has 2 nitrogen and oxygen atoms in total. The van der Waals surface area contributed by atoms with Crippen molar-refractivity contribution < 1.29 is 0 Å². The Balaban J connectivity index is 1.95. The predicted octanol–water partition coefficient (Wildman–Crippen LogP) is 2.89. The Morgan fingerprint density at radius 2 is 2.00 bits per heavy atom. The lowest BCUT2D eigenvalue weighted by atomic mass is 10.1. The minimum Gasteiger partial charge on any atom is -0.314 e. The van der Waals surface area contributed by atoms with Crippen LogP contribution in [0.3, 0.4) is 0 Å². The van der Waals surface area contributed by atoms with Crippen molar-refractivity contribution in [2.24, 2.45) is 5.92 Å². The summed E-state index contributed by atoms with van der Waals surface area (Å²) in [5, 5.41) is 3.72. The van der Waals surface area contributed by atoms with Crippen molar-refractivity contribution in [2.75, 3.05) is 20.1 Å². The van der Waals surface area contributed by atoms with Crippen molar-refractivity contribution in [1.29, 1.82) is 0 Å². The summed E-state index contributed by atoms with van der Waals surface area (Å²) >= 11 is 0. The molecule has 1 aliphatic rings. The first kappa shape index (κ1) is 14.0. The van der Waals surface area contributed by atoms with E-state index in [0.29, 0.717) is 6.04 Å². The van der Waals surface area contributed by atoms with Gasteiger partial charge in [0.1, 0.15) is 0 Å². The van der Waals surface area contributed by atoms with Gasteiger partial charge < -0.3 is 10.2 Å². The number of rotatable bonds is 7. The first-order valence-electron chi connectivity index (χ1n) is 7.05. The Bertz CT molecular complexity index is 180. The van der Waals surface area contributed by atoms with Crippen molar-refractivity contribution in [3.8, 4) is 0 Å². The van der Waals surface area contributed by atoms with Crippen LogP contribution in [-0.2, 0) is 0 Å². The van der Waals surface area contributed by atoms with Gasteiger partial charge in [-0.1, -0.05) is 13.3 Å². The van der Waals surface area contributed by atoms with E-state index in [1.165, 1.54) is 45.2 Å². The van der Waals surface area contributed by atoms with E-state index in [9.17, 15) is 0 Å². The molecule has 1 aliphatic carbocycles. The maximum Gasteiger partial charge on any atom is 0.00926 e. The van der Waals surface area contributed by atoms with Crippen molar-refractivity contribution in [2.45, 2.75) is 65.0 Å². The summed E-state index contributed by atoms with van der Waals surface area (Å²) in [7, 11) is 2.22. The van der Waals surface area contributed by atoms with E-state index in [-0.39, 0.29) is 0 Å². The lowest BCUT2D eigenvalue weighted by Gasteiger charge is -2.21. The smallest absolute Gasteiger partial charge is 0.00926 e. The minimum atomic E-state index is 0.683. The second kappa shape index (κ2) is 7.29. The molecule has 0 aromatic carbocycles. The highest BCUT2D eigenvalue weighted by atomic mass is 15.1. The summed E-state index contributed by atoms with van der Waals surface area (Å²) in [4.78, 5) is 2.43. The third kappa shape index (κ3) is 4.84. The molecule has 0 aromatic rings. The number of unbranched alkanes of at least 4 members (excludes halogenated alkanes) is 1. The summed E-state index contributed by atoms with van der Waals surface area (Å²) in [5.74, 6) is 0.901. The van der Waals surface area contributed by atoms with Gasteiger partial charge in [-0.25, -0.2) is 0 Å². The van der Waals surface area contributed by atoms with E-state index in [1.807, 2.05) is 0 Å². The molecule has 0 bridgehead atoms. The Morgan fingerprint density at radius 1 is 1.25 bits per heavy atom. The molecule has 0 heterocycles. The summed E-state index contributed by atoms with van der Waals surface area (Å²) in [5.41, 5.74) is 0. The second-order valence-electron chi connectivity index (χ2n) is 5.75. The summed E-state index contributed by atoms with van der Waals surface area (Å²) in [6.07, 6.45) is 6.89. The molecule has 0 amide bonds. The fourth-order valence-electron chi connectivity index (χ4n) is 2.48. The fraction of sp³-hybridized carbons (Fsp3) is 1.00. The third-order valence-electron chi connectivity index (χ3n) is 4.09. The van der Waals surface area contributed by atoms with E-state index in [4.69, 9.17) is 0 Å². The zero-order valence-corrected chi connectivity index (χ0v) is 11.6. The lowest BCUT2D eigenvalue weighted by Crippen LogP contribution is -2.32. The number of hydrogen-bond acceptors (Lipinski definition) is 2. The fourth-order valence-corrected chi connectivity index (χ4v) is 2.48. The van der Waals surface area contributed by atoms with Gasteiger partial charge in [0, 0.05) is 12.1 Å². The molecule has 0 aliphatic heterocycles. The monoisotopic (exact) mass is 226 g/mol. The molecule has 1 N–H and O–H groups in total. The van der Waals surface area contributed by atoms with Crippen LogP contribution in [0.25, 0.3) is 0 Å². The van der Waals surface area contributed by atoms with Crippen molar-refractivity contribution in [1.82, 2.24) is 10.2 Å². The third-order valence-corrected chi connectivity index (χ3v) is 4.09. The maximum atomic E-state index is 3.72. The van der Waals surface area contributed by atoms with E-state index >= 15 is 0 Å². The molecule has 0 spiro atoms. The number of nitrogens with zero attached hydrogens (tertiary/aromatic N) is 1. The SMILES string of the molecule is CC1CCCC1NCCCCN(C)C(C)C. The average molecular weight is 226 g/mol. The summed E-state index contributed by atoms with van der Waals surface area (Å²) in [6, 6.07) is 1.49. The van der Waals surface area contributed by atoms with Crippen LogP contribution in [0.1, 0.15) is 52.9 Å². The molecule has 2 heteroatoms. The highest BCUT2D eigenvalue weighted by Gasteiger charge is 2.21. The molecule has 0 aromatic heterocycles. The molecular weight excluding hydrogens is 196 g/mol. The molecule has 16 heavy (non-hydrogen) atoms. The Hall–Kier alpha value is -0.0800. The van der Waals surface area contributed by atoms with Crippen LogP contribution in [0, 0.1) is 5.92 Å². The van der Waals surface area contributed by atoms with Gasteiger partial charge in [-0.2, -0.15) is 0 Å². The Morgan fingerprint density at radius 3 is 2.56 bits per heavy atom. The molecule has 96 valence electrons. The van der Waals surface area contributed by atoms with E-state index in [2.05, 4.69) is 38.0 Å². The zero-order valence-electron chi connectivity index (χ0n) is 11.6.